The van der Waals surface area contributed by atoms with Crippen LogP contribution in [0.2, 0.25) is 0 Å². The topological polar surface area (TPSA) is 46.3 Å². The summed E-state index contributed by atoms with van der Waals surface area (Å²) in [5, 5.41) is 0. The molecule has 0 atom stereocenters. The van der Waals surface area contributed by atoms with Gasteiger partial charge in [-0.3, -0.25) is 4.79 Å². The number of aryl methyl sites for hydroxylation is 1. The number of anilines is 1. The number of amides is 1. The van der Waals surface area contributed by atoms with Crippen LogP contribution < -0.4 is 10.6 Å². The average Bonchev–Trinajstić information content (AvgIpc) is 2.37. The molecule has 0 aromatic heterocycles. The molecule has 2 N–H and O–H groups in total. The Labute approximate surface area is 109 Å². The van der Waals surface area contributed by atoms with E-state index in [1.807, 2.05) is 19.2 Å². The van der Waals surface area contributed by atoms with Crippen LogP contribution in [0, 0.1) is 5.41 Å². The molecule has 1 aliphatic rings. The largest absolute Gasteiger partial charge is 0.329 e. The first-order valence-corrected chi connectivity index (χ1v) is 6.70. The van der Waals surface area contributed by atoms with Gasteiger partial charge in [-0.25, -0.2) is 0 Å². The van der Waals surface area contributed by atoms with Gasteiger partial charge in [0, 0.05) is 19.3 Å². The second-order valence-electron chi connectivity index (χ2n) is 5.22. The van der Waals surface area contributed by atoms with Crippen molar-refractivity contribution in [3.8, 4) is 0 Å². The number of benzene rings is 1. The van der Waals surface area contributed by atoms with Gasteiger partial charge in [-0.2, -0.15) is 0 Å². The highest BCUT2D eigenvalue weighted by atomic mass is 16.2. The van der Waals surface area contributed by atoms with Crippen LogP contribution in [0.3, 0.4) is 0 Å². The van der Waals surface area contributed by atoms with Crippen LogP contribution >= 0.6 is 0 Å². The molecule has 3 nitrogen and oxygen atoms in total. The van der Waals surface area contributed by atoms with Crippen molar-refractivity contribution in [3.63, 3.8) is 0 Å². The summed E-state index contributed by atoms with van der Waals surface area (Å²) in [5.74, 6) is 0.167. The van der Waals surface area contributed by atoms with E-state index in [0.29, 0.717) is 6.54 Å². The number of rotatable bonds is 4. The number of hydrogen-bond donors (Lipinski definition) is 1. The zero-order chi connectivity index (χ0) is 13.2. The molecule has 1 fully saturated rings. The first-order valence-electron chi connectivity index (χ1n) is 6.70. The summed E-state index contributed by atoms with van der Waals surface area (Å²) in [6.07, 6.45) is 4.00. The number of nitrogens with two attached hydrogens (primary N) is 1. The number of nitrogens with zero attached hydrogens (tertiary/aromatic N) is 1. The van der Waals surface area contributed by atoms with Crippen molar-refractivity contribution in [2.75, 3.05) is 18.5 Å². The molecule has 1 amide bonds. The second kappa shape index (κ2) is 5.11. The first-order chi connectivity index (χ1) is 8.63. The monoisotopic (exact) mass is 246 g/mol. The SMILES string of the molecule is CCc1ccc(N(C)C(=O)C2(CN)CCC2)cc1. The van der Waals surface area contributed by atoms with Crippen LogP contribution in [0.25, 0.3) is 0 Å². The quantitative estimate of drug-likeness (QED) is 0.886. The zero-order valence-electron chi connectivity index (χ0n) is 11.3. The minimum absolute atomic E-state index is 0.167. The molecule has 2 rings (SSSR count). The predicted octanol–water partition coefficient (Wildman–Crippen LogP) is 2.34. The lowest BCUT2D eigenvalue weighted by Gasteiger charge is -2.41. The molecule has 18 heavy (non-hydrogen) atoms. The summed E-state index contributed by atoms with van der Waals surface area (Å²) < 4.78 is 0. The molecule has 3 heteroatoms. The maximum atomic E-state index is 12.5. The number of carbonyl (C=O) groups is 1. The molecular weight excluding hydrogens is 224 g/mol. The van der Waals surface area contributed by atoms with Gasteiger partial charge in [0.1, 0.15) is 0 Å². The fourth-order valence-electron chi connectivity index (χ4n) is 2.54. The highest BCUT2D eigenvalue weighted by molar-refractivity contribution is 5.97. The van der Waals surface area contributed by atoms with Crippen molar-refractivity contribution in [3.05, 3.63) is 29.8 Å². The van der Waals surface area contributed by atoms with Crippen LogP contribution in [-0.2, 0) is 11.2 Å². The van der Waals surface area contributed by atoms with Gasteiger partial charge >= 0.3 is 0 Å². The van der Waals surface area contributed by atoms with Crippen molar-refractivity contribution in [2.45, 2.75) is 32.6 Å². The minimum Gasteiger partial charge on any atom is -0.329 e. The molecule has 0 unspecified atom stereocenters. The van der Waals surface area contributed by atoms with Crippen molar-refractivity contribution >= 4 is 11.6 Å². The van der Waals surface area contributed by atoms with E-state index >= 15 is 0 Å². The third-order valence-corrected chi connectivity index (χ3v) is 4.19. The number of hydrogen-bond acceptors (Lipinski definition) is 2. The maximum absolute atomic E-state index is 12.5. The molecule has 0 saturated heterocycles. The molecule has 0 aliphatic heterocycles. The smallest absolute Gasteiger partial charge is 0.234 e. The predicted molar refractivity (Wildman–Crippen MR) is 74.6 cm³/mol. The molecule has 0 heterocycles. The molecule has 0 radical (unpaired) electrons. The van der Waals surface area contributed by atoms with E-state index < -0.39 is 0 Å². The highest BCUT2D eigenvalue weighted by Gasteiger charge is 2.44. The van der Waals surface area contributed by atoms with E-state index in [2.05, 4.69) is 19.1 Å². The van der Waals surface area contributed by atoms with Gasteiger partial charge in [0.2, 0.25) is 5.91 Å². The summed E-state index contributed by atoms with van der Waals surface area (Å²) in [5.41, 5.74) is 7.73. The normalized spacial score (nSPS) is 17.1. The van der Waals surface area contributed by atoms with Crippen LogP contribution in [0.5, 0.6) is 0 Å². The summed E-state index contributed by atoms with van der Waals surface area (Å²) >= 11 is 0. The Morgan fingerprint density at radius 1 is 1.33 bits per heavy atom. The van der Waals surface area contributed by atoms with Crippen molar-refractivity contribution < 1.29 is 4.79 Å². The van der Waals surface area contributed by atoms with E-state index in [4.69, 9.17) is 5.73 Å². The molecule has 1 saturated carbocycles. The van der Waals surface area contributed by atoms with Crippen LogP contribution in [0.4, 0.5) is 5.69 Å². The molecule has 0 bridgehead atoms. The average molecular weight is 246 g/mol. The molecule has 98 valence electrons. The van der Waals surface area contributed by atoms with Gasteiger partial charge in [0.25, 0.3) is 0 Å². The minimum atomic E-state index is -0.293. The van der Waals surface area contributed by atoms with Crippen LogP contribution in [-0.4, -0.2) is 19.5 Å². The first kappa shape index (κ1) is 13.1. The van der Waals surface area contributed by atoms with Crippen molar-refractivity contribution in [2.24, 2.45) is 11.1 Å². The van der Waals surface area contributed by atoms with E-state index in [-0.39, 0.29) is 11.3 Å². The van der Waals surface area contributed by atoms with E-state index in [9.17, 15) is 4.79 Å². The van der Waals surface area contributed by atoms with Gasteiger partial charge in [-0.15, -0.1) is 0 Å². The molecule has 1 aliphatic carbocycles. The van der Waals surface area contributed by atoms with Crippen LogP contribution in [0.1, 0.15) is 31.7 Å². The van der Waals surface area contributed by atoms with Gasteiger partial charge in [-0.1, -0.05) is 25.5 Å². The van der Waals surface area contributed by atoms with E-state index in [0.717, 1.165) is 31.4 Å². The van der Waals surface area contributed by atoms with Crippen molar-refractivity contribution in [1.82, 2.24) is 0 Å². The number of carbonyl (C=O) groups excluding carboxylic acids is 1. The summed E-state index contributed by atoms with van der Waals surface area (Å²) in [7, 11) is 1.85. The summed E-state index contributed by atoms with van der Waals surface area (Å²) in [4.78, 5) is 14.2. The highest BCUT2D eigenvalue weighted by Crippen LogP contribution is 2.42. The fourth-order valence-corrected chi connectivity index (χ4v) is 2.54. The van der Waals surface area contributed by atoms with Gasteiger partial charge in [0.15, 0.2) is 0 Å². The van der Waals surface area contributed by atoms with E-state index in [1.165, 1.54) is 5.56 Å². The zero-order valence-corrected chi connectivity index (χ0v) is 11.3. The Morgan fingerprint density at radius 3 is 2.33 bits per heavy atom. The molecule has 1 aromatic rings. The van der Waals surface area contributed by atoms with Gasteiger partial charge < -0.3 is 10.6 Å². The Hall–Kier alpha value is -1.35. The van der Waals surface area contributed by atoms with Gasteiger partial charge in [0.05, 0.1) is 5.41 Å². The lowest BCUT2D eigenvalue weighted by molar-refractivity contribution is -0.131. The van der Waals surface area contributed by atoms with Crippen molar-refractivity contribution in [1.29, 1.82) is 0 Å². The Bertz CT molecular complexity index is 415. The molecule has 0 spiro atoms. The molecular formula is C15H22N2O. The summed E-state index contributed by atoms with van der Waals surface area (Å²) in [6, 6.07) is 8.18. The Balaban J connectivity index is 2.14. The maximum Gasteiger partial charge on any atom is 0.234 e. The van der Waals surface area contributed by atoms with Crippen LogP contribution in [0.15, 0.2) is 24.3 Å². The summed E-state index contributed by atoms with van der Waals surface area (Å²) in [6.45, 7) is 2.59. The lowest BCUT2D eigenvalue weighted by Crippen LogP contribution is -2.51. The van der Waals surface area contributed by atoms with E-state index in [1.54, 1.807) is 4.90 Å². The molecule has 1 aromatic carbocycles. The fraction of sp³-hybridized carbons (Fsp3) is 0.533. The third kappa shape index (κ3) is 2.15. The Kier molecular flexibility index (Phi) is 3.71. The van der Waals surface area contributed by atoms with Gasteiger partial charge in [-0.05, 0) is 37.0 Å². The second-order valence-corrected chi connectivity index (χ2v) is 5.22. The Morgan fingerprint density at radius 2 is 1.94 bits per heavy atom. The third-order valence-electron chi connectivity index (χ3n) is 4.19. The lowest BCUT2D eigenvalue weighted by atomic mass is 9.68. The standard InChI is InChI=1S/C15H22N2O/c1-3-12-5-7-13(8-6-12)17(2)14(18)15(11-16)9-4-10-15/h5-8H,3-4,9-11,16H2,1-2H3.